The lowest BCUT2D eigenvalue weighted by Crippen LogP contribution is -2.08. The molecule has 2 aromatic carbocycles. The molecule has 9 nitrogen and oxygen atoms in total. The van der Waals surface area contributed by atoms with Crippen LogP contribution in [0, 0.1) is 0 Å². The molecule has 43 heavy (non-hydrogen) atoms. The van der Waals surface area contributed by atoms with Gasteiger partial charge in [-0.2, -0.15) is 0 Å². The number of phenols is 1. The van der Waals surface area contributed by atoms with Crippen LogP contribution in [0.25, 0.3) is 0 Å². The Bertz CT molecular complexity index is 1170. The van der Waals surface area contributed by atoms with Gasteiger partial charge in [0.15, 0.2) is 23.0 Å². The minimum absolute atomic E-state index is 0.178. The van der Waals surface area contributed by atoms with Crippen LogP contribution in [0.2, 0.25) is 0 Å². The van der Waals surface area contributed by atoms with E-state index in [2.05, 4.69) is 0 Å². The molecular weight excluding hydrogens is 633 g/mol. The van der Waals surface area contributed by atoms with Crippen LogP contribution in [-0.4, -0.2) is 57.7 Å². The van der Waals surface area contributed by atoms with Crippen molar-refractivity contribution < 1.29 is 43.5 Å². The molecule has 13 heteroatoms. The summed E-state index contributed by atoms with van der Waals surface area (Å²) < 4.78 is 25.8. The summed E-state index contributed by atoms with van der Waals surface area (Å²) in [5.41, 5.74) is 0. The maximum atomic E-state index is 11.8. The summed E-state index contributed by atoms with van der Waals surface area (Å²) >= 11 is 0. The number of carboxylic acid groups (broad SMARTS) is 1. The Balaban J connectivity index is 0.000000162. The highest BCUT2D eigenvalue weighted by Crippen LogP contribution is 2.41. The molecule has 2 atom stereocenters. The van der Waals surface area contributed by atoms with Crippen LogP contribution in [0.3, 0.4) is 0 Å². The number of carbonyl (C=O) groups is 2. The smallest absolute Gasteiger partial charge is 0.311 e. The fraction of sp³-hybridized carbons (Fsp3) is 0.533. The van der Waals surface area contributed by atoms with Crippen molar-refractivity contribution in [2.24, 2.45) is 0 Å². The number of rotatable bonds is 11. The van der Waals surface area contributed by atoms with E-state index in [0.29, 0.717) is 41.6 Å². The number of aliphatic carboxylic acids is 1. The maximum Gasteiger partial charge on any atom is 0.311 e. The fourth-order valence-electron chi connectivity index (χ4n) is 4.43. The van der Waals surface area contributed by atoms with Gasteiger partial charge in [-0.3, -0.25) is 9.59 Å². The van der Waals surface area contributed by atoms with Crippen LogP contribution in [0.5, 0.6) is 34.5 Å². The number of fused-ring (bicyclic) bond motifs is 2. The number of esters is 1. The number of carbonyl (C=O) groups excluding carboxylic acids is 1. The predicted molar refractivity (Wildman–Crippen MR) is 174 cm³/mol. The van der Waals surface area contributed by atoms with Gasteiger partial charge in [0.1, 0.15) is 11.5 Å². The van der Waals surface area contributed by atoms with Crippen molar-refractivity contribution in [2.45, 2.75) is 74.7 Å². The highest BCUT2D eigenvalue weighted by molar-refractivity contribution is 8.77. The minimum Gasteiger partial charge on any atom is -0.508 e. The molecular formula is C30H38O9S4. The van der Waals surface area contributed by atoms with E-state index in [1.807, 2.05) is 43.2 Å². The molecule has 0 bridgehead atoms. The molecule has 2 unspecified atom stereocenters. The number of hydrogen-bond acceptors (Lipinski definition) is 12. The molecule has 0 amide bonds. The van der Waals surface area contributed by atoms with E-state index in [1.165, 1.54) is 43.3 Å². The second-order valence-electron chi connectivity index (χ2n) is 10.1. The monoisotopic (exact) mass is 670 g/mol. The third kappa shape index (κ3) is 12.4. The molecule has 2 saturated heterocycles. The molecule has 4 aliphatic heterocycles. The highest BCUT2D eigenvalue weighted by atomic mass is 33.1. The molecule has 0 aliphatic carbocycles. The molecule has 6 rings (SSSR count). The summed E-state index contributed by atoms with van der Waals surface area (Å²) in [5, 5.41) is 18.9. The molecule has 236 valence electrons. The van der Waals surface area contributed by atoms with E-state index in [-0.39, 0.29) is 25.3 Å². The van der Waals surface area contributed by atoms with E-state index >= 15 is 0 Å². The van der Waals surface area contributed by atoms with Crippen LogP contribution in [0.15, 0.2) is 36.4 Å². The molecule has 2 N–H and O–H groups in total. The van der Waals surface area contributed by atoms with Crippen molar-refractivity contribution in [3.63, 3.8) is 0 Å². The lowest BCUT2D eigenvalue weighted by atomic mass is 10.1. The van der Waals surface area contributed by atoms with Crippen molar-refractivity contribution in [1.29, 1.82) is 0 Å². The first-order valence-electron chi connectivity index (χ1n) is 14.4. The van der Waals surface area contributed by atoms with E-state index in [4.69, 9.17) is 33.9 Å². The number of unbranched alkanes of at least 4 members (excludes halogenated alkanes) is 2. The molecule has 0 spiro atoms. The Morgan fingerprint density at radius 1 is 0.744 bits per heavy atom. The van der Waals surface area contributed by atoms with Crippen LogP contribution in [0.1, 0.15) is 64.2 Å². The van der Waals surface area contributed by atoms with Gasteiger partial charge in [0, 0.05) is 47.0 Å². The first-order valence-corrected chi connectivity index (χ1v) is 19.2. The normalized spacial score (nSPS) is 19.2. The predicted octanol–water partition coefficient (Wildman–Crippen LogP) is 7.94. The highest BCUT2D eigenvalue weighted by Gasteiger charge is 2.18. The van der Waals surface area contributed by atoms with E-state index in [9.17, 15) is 9.59 Å². The van der Waals surface area contributed by atoms with Crippen molar-refractivity contribution in [3.05, 3.63) is 36.4 Å². The zero-order valence-electron chi connectivity index (χ0n) is 23.9. The van der Waals surface area contributed by atoms with Gasteiger partial charge in [0.05, 0.1) is 0 Å². The average Bonchev–Trinajstić information content (AvgIpc) is 3.82. The Morgan fingerprint density at radius 3 is 1.88 bits per heavy atom. The molecule has 0 aromatic heterocycles. The van der Waals surface area contributed by atoms with Gasteiger partial charge in [-0.05, 0) is 62.8 Å². The number of ether oxygens (including phenoxy) is 5. The van der Waals surface area contributed by atoms with Gasteiger partial charge >= 0.3 is 11.9 Å². The summed E-state index contributed by atoms with van der Waals surface area (Å²) in [6.07, 6.45) is 9.73. The minimum atomic E-state index is -0.663. The first kappa shape index (κ1) is 33.7. The summed E-state index contributed by atoms with van der Waals surface area (Å²) in [7, 11) is 7.87. The standard InChI is InChI=1S/C15H18O4S2.C8H14O2S2.C7H6O3/c16-15(4-2-1-3-12-7-8-20-21-12)19-11-5-6-13-14(9-11)18-10-17-13;9-8(10)4-2-1-3-7-5-6-11-12-7;8-5-1-2-6-7(3-5)10-4-9-6/h5-6,9,12H,1-4,7-8,10H2;7H,1-6H2,(H,9,10);1-3,8H,4H2. The Kier molecular flexibility index (Phi) is 14.5. The van der Waals surface area contributed by atoms with Gasteiger partial charge in [-0.25, -0.2) is 0 Å². The van der Waals surface area contributed by atoms with Gasteiger partial charge in [-0.1, -0.05) is 56.0 Å². The second-order valence-corrected chi connectivity index (χ2v) is 15.6. The summed E-state index contributed by atoms with van der Waals surface area (Å²) in [5.74, 6) is 5.05. The Morgan fingerprint density at radius 2 is 1.30 bits per heavy atom. The van der Waals surface area contributed by atoms with E-state index < -0.39 is 5.97 Å². The first-order chi connectivity index (χ1) is 21.0. The van der Waals surface area contributed by atoms with Crippen molar-refractivity contribution in [2.75, 3.05) is 25.1 Å². The van der Waals surface area contributed by atoms with E-state index in [1.54, 1.807) is 30.3 Å². The Hall–Kier alpha value is -2.22. The lowest BCUT2D eigenvalue weighted by Gasteiger charge is -2.07. The quantitative estimate of drug-likeness (QED) is 0.104. The van der Waals surface area contributed by atoms with Crippen molar-refractivity contribution >= 4 is 55.1 Å². The molecule has 4 aliphatic rings. The lowest BCUT2D eigenvalue weighted by molar-refractivity contribution is -0.137. The molecule has 4 heterocycles. The third-order valence-electron chi connectivity index (χ3n) is 6.71. The maximum absolute atomic E-state index is 11.8. The molecule has 0 radical (unpaired) electrons. The molecule has 2 fully saturated rings. The summed E-state index contributed by atoms with van der Waals surface area (Å²) in [6.45, 7) is 0.475. The van der Waals surface area contributed by atoms with Gasteiger partial charge in [0.25, 0.3) is 0 Å². The summed E-state index contributed by atoms with van der Waals surface area (Å²) in [4.78, 5) is 22.0. The second kappa shape index (κ2) is 18.6. The van der Waals surface area contributed by atoms with Crippen LogP contribution in [0.4, 0.5) is 0 Å². The van der Waals surface area contributed by atoms with Gasteiger partial charge < -0.3 is 33.9 Å². The average molecular weight is 671 g/mol. The third-order valence-corrected chi connectivity index (χ3v) is 12.7. The van der Waals surface area contributed by atoms with Crippen LogP contribution < -0.4 is 23.7 Å². The molecule has 2 aromatic rings. The number of benzene rings is 2. The number of hydrogen-bond donors (Lipinski definition) is 2. The topological polar surface area (TPSA) is 121 Å². The molecule has 0 saturated carbocycles. The zero-order chi connectivity index (χ0) is 30.3. The van der Waals surface area contributed by atoms with Crippen molar-refractivity contribution in [1.82, 2.24) is 0 Å². The number of phenolic OH excluding ortho intramolecular Hbond substituents is 1. The summed E-state index contributed by atoms with van der Waals surface area (Å²) in [6, 6.07) is 9.97. The fourth-order valence-corrected chi connectivity index (χ4v) is 10.5. The SMILES string of the molecule is O=C(CCCCC1CCSS1)Oc1ccc2c(c1)OCO2.O=C(O)CCCCC1CCSS1.Oc1ccc2c(c1)OCO2. The van der Waals surface area contributed by atoms with Gasteiger partial charge in [-0.15, -0.1) is 0 Å². The Labute approximate surface area is 268 Å². The number of aromatic hydroxyl groups is 1. The largest absolute Gasteiger partial charge is 0.508 e. The van der Waals surface area contributed by atoms with Gasteiger partial charge in [0.2, 0.25) is 13.6 Å². The van der Waals surface area contributed by atoms with Crippen LogP contribution >= 0.6 is 43.2 Å². The zero-order valence-corrected chi connectivity index (χ0v) is 27.2. The van der Waals surface area contributed by atoms with E-state index in [0.717, 1.165) is 36.2 Å². The number of carboxylic acids is 1. The van der Waals surface area contributed by atoms with Crippen molar-refractivity contribution in [3.8, 4) is 34.5 Å². The van der Waals surface area contributed by atoms with Crippen LogP contribution in [-0.2, 0) is 9.59 Å².